The number of nitrogens with zero attached hydrogens (tertiary/aromatic N) is 1. The second kappa shape index (κ2) is 12.0. The Morgan fingerprint density at radius 1 is 1.24 bits per heavy atom. The predicted molar refractivity (Wildman–Crippen MR) is 126 cm³/mol. The van der Waals surface area contributed by atoms with E-state index in [-0.39, 0.29) is 54.8 Å². The Bertz CT molecular complexity index is 943. The predicted octanol–water partition coefficient (Wildman–Crippen LogP) is 2.27. The molecule has 1 aromatic rings. The average Bonchev–Trinajstić information content (AvgIpc) is 2.80. The Balaban J connectivity index is 1.61. The number of aliphatic hydroxyl groups is 1. The summed E-state index contributed by atoms with van der Waals surface area (Å²) in [5.41, 5.74) is 0. The average molecular weight is 497 g/mol. The fraction of sp³-hybridized carbons (Fsp3) is 0.625. The molecule has 2 aliphatic rings. The van der Waals surface area contributed by atoms with Crippen LogP contribution in [0.4, 0.5) is 0 Å². The molecule has 10 heteroatoms. The van der Waals surface area contributed by atoms with E-state index in [1.807, 2.05) is 6.08 Å². The van der Waals surface area contributed by atoms with Crippen molar-refractivity contribution >= 4 is 15.9 Å². The molecule has 1 saturated carbocycles. The van der Waals surface area contributed by atoms with Crippen LogP contribution in [-0.2, 0) is 24.3 Å². The van der Waals surface area contributed by atoms with Crippen molar-refractivity contribution < 1.29 is 32.5 Å². The number of sulfonamides is 1. The van der Waals surface area contributed by atoms with Gasteiger partial charge in [-0.3, -0.25) is 4.79 Å². The lowest BCUT2D eigenvalue weighted by atomic mass is 9.89. The van der Waals surface area contributed by atoms with Crippen molar-refractivity contribution in [3.05, 3.63) is 36.1 Å². The summed E-state index contributed by atoms with van der Waals surface area (Å²) >= 11 is 0. The Labute approximate surface area is 202 Å². The molecule has 34 heavy (non-hydrogen) atoms. The molecule has 3 rings (SSSR count). The lowest BCUT2D eigenvalue weighted by molar-refractivity contribution is -0.151. The highest BCUT2D eigenvalue weighted by Gasteiger charge is 2.31. The van der Waals surface area contributed by atoms with Gasteiger partial charge in [-0.15, -0.1) is 0 Å². The van der Waals surface area contributed by atoms with Crippen molar-refractivity contribution in [1.29, 1.82) is 0 Å². The summed E-state index contributed by atoms with van der Waals surface area (Å²) in [7, 11) is -2.32. The van der Waals surface area contributed by atoms with Gasteiger partial charge in [0.15, 0.2) is 5.76 Å². The number of carbonyl (C=O) groups is 1. The minimum absolute atomic E-state index is 0.0362. The molecule has 0 unspecified atom stereocenters. The zero-order valence-electron chi connectivity index (χ0n) is 20.1. The fourth-order valence-electron chi connectivity index (χ4n) is 3.87. The molecular weight excluding hydrogens is 460 g/mol. The first kappa shape index (κ1) is 26.5. The van der Waals surface area contributed by atoms with Crippen molar-refractivity contribution in [2.75, 3.05) is 33.4 Å². The fourth-order valence-corrected chi connectivity index (χ4v) is 5.28. The van der Waals surface area contributed by atoms with E-state index in [9.17, 15) is 18.3 Å². The van der Waals surface area contributed by atoms with E-state index in [1.165, 1.54) is 23.5 Å². The number of carbonyl (C=O) groups excluding carboxylic acids is 1. The number of methoxy groups -OCH3 is 1. The number of benzene rings is 1. The molecule has 0 aromatic heterocycles. The Hall–Kier alpha value is -2.14. The largest absolute Gasteiger partial charge is 0.497 e. The van der Waals surface area contributed by atoms with Gasteiger partial charge in [0.25, 0.3) is 5.91 Å². The summed E-state index contributed by atoms with van der Waals surface area (Å²) in [6.45, 7) is 3.87. The first-order valence-electron chi connectivity index (χ1n) is 11.8. The van der Waals surface area contributed by atoms with Crippen LogP contribution in [0, 0.1) is 11.8 Å². The minimum Gasteiger partial charge on any atom is -0.497 e. The third kappa shape index (κ3) is 6.71. The number of amides is 1. The maximum Gasteiger partial charge on any atom is 0.286 e. The summed E-state index contributed by atoms with van der Waals surface area (Å²) in [5, 5.41) is 12.4. The summed E-state index contributed by atoms with van der Waals surface area (Å²) in [6, 6.07) is 6.28. The number of ether oxygens (including phenoxy) is 3. The van der Waals surface area contributed by atoms with Gasteiger partial charge in [0.2, 0.25) is 16.3 Å². The van der Waals surface area contributed by atoms with Gasteiger partial charge in [-0.05, 0) is 61.4 Å². The van der Waals surface area contributed by atoms with Crippen LogP contribution in [0.1, 0.15) is 39.5 Å². The normalized spacial score (nSPS) is 21.1. The quantitative estimate of drug-likeness (QED) is 0.456. The molecule has 1 aliphatic heterocycles. The number of allylic oxidation sites excluding steroid dienone is 1. The molecule has 9 nitrogen and oxygen atoms in total. The van der Waals surface area contributed by atoms with E-state index in [0.29, 0.717) is 18.1 Å². The highest BCUT2D eigenvalue weighted by Crippen LogP contribution is 2.29. The molecule has 0 bridgehead atoms. The van der Waals surface area contributed by atoms with E-state index in [2.05, 4.69) is 19.2 Å². The monoisotopic (exact) mass is 496 g/mol. The number of hydrogen-bond acceptors (Lipinski definition) is 7. The van der Waals surface area contributed by atoms with Crippen LogP contribution in [0.5, 0.6) is 5.75 Å². The Morgan fingerprint density at radius 3 is 2.50 bits per heavy atom. The zero-order chi connectivity index (χ0) is 24.7. The molecule has 0 radical (unpaired) electrons. The molecule has 2 N–H and O–H groups in total. The SMILES string of the molecule is COc1ccc(S(=O)(=O)N(CCO)CCO[C@@H]2C[C@H](C(C)C)C=C(C(=O)NC3CCC3)O2)cc1. The van der Waals surface area contributed by atoms with Gasteiger partial charge < -0.3 is 24.6 Å². The van der Waals surface area contributed by atoms with Crippen LogP contribution in [0.2, 0.25) is 0 Å². The molecule has 0 saturated heterocycles. The first-order valence-corrected chi connectivity index (χ1v) is 13.2. The number of hydrogen-bond donors (Lipinski definition) is 2. The lowest BCUT2D eigenvalue weighted by Gasteiger charge is -2.33. The summed E-state index contributed by atoms with van der Waals surface area (Å²) in [5.74, 6) is 0.989. The van der Waals surface area contributed by atoms with Crippen molar-refractivity contribution in [3.63, 3.8) is 0 Å². The minimum atomic E-state index is -3.83. The summed E-state index contributed by atoms with van der Waals surface area (Å²) in [6.07, 6.45) is 4.87. The summed E-state index contributed by atoms with van der Waals surface area (Å²) < 4.78 is 44.1. The van der Waals surface area contributed by atoms with E-state index in [1.54, 1.807) is 12.1 Å². The molecule has 2 atom stereocenters. The highest BCUT2D eigenvalue weighted by atomic mass is 32.2. The molecule has 1 heterocycles. The van der Waals surface area contributed by atoms with Crippen LogP contribution in [0.3, 0.4) is 0 Å². The van der Waals surface area contributed by atoms with Gasteiger partial charge in [0, 0.05) is 25.6 Å². The Kier molecular flexibility index (Phi) is 9.35. The third-order valence-corrected chi connectivity index (χ3v) is 8.21. The Morgan fingerprint density at radius 2 is 1.94 bits per heavy atom. The molecular formula is C24H36N2O7S. The second-order valence-corrected chi connectivity index (χ2v) is 10.9. The molecule has 1 aromatic carbocycles. The first-order chi connectivity index (χ1) is 16.2. The van der Waals surface area contributed by atoms with Crippen molar-refractivity contribution in [2.24, 2.45) is 11.8 Å². The highest BCUT2D eigenvalue weighted by molar-refractivity contribution is 7.89. The van der Waals surface area contributed by atoms with Crippen LogP contribution in [-0.4, -0.2) is 69.5 Å². The van der Waals surface area contributed by atoms with Gasteiger partial charge in [-0.25, -0.2) is 8.42 Å². The molecule has 190 valence electrons. The topological polar surface area (TPSA) is 114 Å². The molecule has 0 spiro atoms. The van der Waals surface area contributed by atoms with E-state index in [0.717, 1.165) is 19.3 Å². The van der Waals surface area contributed by atoms with E-state index in [4.69, 9.17) is 14.2 Å². The third-order valence-electron chi connectivity index (χ3n) is 6.30. The maximum absolute atomic E-state index is 13.0. The lowest BCUT2D eigenvalue weighted by Crippen LogP contribution is -2.42. The molecule has 1 aliphatic carbocycles. The molecule has 1 amide bonds. The van der Waals surface area contributed by atoms with Crippen LogP contribution < -0.4 is 10.1 Å². The molecule has 1 fully saturated rings. The summed E-state index contributed by atoms with van der Waals surface area (Å²) in [4.78, 5) is 12.7. The van der Waals surface area contributed by atoms with Crippen molar-refractivity contribution in [1.82, 2.24) is 9.62 Å². The van der Waals surface area contributed by atoms with Crippen LogP contribution in [0.25, 0.3) is 0 Å². The van der Waals surface area contributed by atoms with Crippen molar-refractivity contribution in [3.8, 4) is 5.75 Å². The number of aliphatic hydroxyl groups excluding tert-OH is 1. The van der Waals surface area contributed by atoms with Gasteiger partial charge >= 0.3 is 0 Å². The second-order valence-electron chi connectivity index (χ2n) is 9.00. The van der Waals surface area contributed by atoms with Crippen molar-refractivity contribution in [2.45, 2.75) is 56.8 Å². The standard InChI is InChI=1S/C24H36N2O7S/c1-17(2)18-15-22(24(28)25-19-5-4-6-19)33-23(16-18)32-14-12-26(11-13-27)34(29,30)21-9-7-20(31-3)8-10-21/h7-10,15,17-19,23,27H,4-6,11-14,16H2,1-3H3,(H,25,28)/t18-,23+/m1/s1. The zero-order valence-corrected chi connectivity index (χ0v) is 20.9. The van der Waals surface area contributed by atoms with E-state index < -0.39 is 16.3 Å². The van der Waals surface area contributed by atoms with Crippen LogP contribution in [0.15, 0.2) is 41.0 Å². The van der Waals surface area contributed by atoms with Gasteiger partial charge in [-0.1, -0.05) is 13.8 Å². The smallest absolute Gasteiger partial charge is 0.286 e. The number of rotatable bonds is 12. The van der Waals surface area contributed by atoms with E-state index >= 15 is 0 Å². The van der Waals surface area contributed by atoms with Crippen LogP contribution >= 0.6 is 0 Å². The van der Waals surface area contributed by atoms with Gasteiger partial charge in [0.05, 0.1) is 25.2 Å². The maximum atomic E-state index is 13.0. The van der Waals surface area contributed by atoms with Gasteiger partial charge in [-0.2, -0.15) is 4.31 Å². The number of nitrogens with one attached hydrogen (secondary N) is 1. The van der Waals surface area contributed by atoms with Gasteiger partial charge in [0.1, 0.15) is 5.75 Å².